The summed E-state index contributed by atoms with van der Waals surface area (Å²) in [6, 6.07) is 6.39. The molecule has 9 nitrogen and oxygen atoms in total. The summed E-state index contributed by atoms with van der Waals surface area (Å²) in [7, 11) is 1.58. The summed E-state index contributed by atoms with van der Waals surface area (Å²) in [5.74, 6) is 1.38. The zero-order valence-electron chi connectivity index (χ0n) is 19.6. The van der Waals surface area contributed by atoms with Gasteiger partial charge in [0.25, 0.3) is 5.91 Å². The molecule has 182 valence electrons. The van der Waals surface area contributed by atoms with Gasteiger partial charge in [-0.15, -0.1) is 0 Å². The van der Waals surface area contributed by atoms with Crippen LogP contribution in [-0.4, -0.2) is 77.3 Å². The highest BCUT2D eigenvalue weighted by Gasteiger charge is 2.45. The molecule has 0 saturated carbocycles. The molecule has 34 heavy (non-hydrogen) atoms. The van der Waals surface area contributed by atoms with Crippen molar-refractivity contribution in [2.24, 2.45) is 11.8 Å². The summed E-state index contributed by atoms with van der Waals surface area (Å²) in [4.78, 5) is 55.8. The van der Waals surface area contributed by atoms with E-state index in [1.807, 2.05) is 17.0 Å². The molecule has 4 saturated heterocycles. The Morgan fingerprint density at radius 1 is 1.12 bits per heavy atom. The van der Waals surface area contributed by atoms with Crippen molar-refractivity contribution in [3.63, 3.8) is 0 Å². The van der Waals surface area contributed by atoms with Crippen LogP contribution in [0.4, 0.5) is 4.79 Å². The van der Waals surface area contributed by atoms with Crippen molar-refractivity contribution in [3.8, 4) is 5.75 Å². The summed E-state index contributed by atoms with van der Waals surface area (Å²) in [5.41, 5.74) is 0.830. The van der Waals surface area contributed by atoms with E-state index in [0.717, 1.165) is 31.4 Å². The molecule has 1 unspecified atom stereocenters. The molecule has 1 N–H and O–H groups in total. The Balaban J connectivity index is 1.14. The van der Waals surface area contributed by atoms with Crippen molar-refractivity contribution < 1.29 is 23.9 Å². The summed E-state index contributed by atoms with van der Waals surface area (Å²) >= 11 is 0. The van der Waals surface area contributed by atoms with E-state index >= 15 is 0 Å². The SMILES string of the molecule is COc1ccc(CN2C(=O)N[C@@H](CCC(=O)N3C[C@H]4C[C@@H](C3)C3CCCC(=O)N3C4)C2=O)cc1. The van der Waals surface area contributed by atoms with E-state index in [1.165, 1.54) is 4.90 Å². The van der Waals surface area contributed by atoms with E-state index in [-0.39, 0.29) is 36.7 Å². The molecular formula is C25H32N4O5. The lowest BCUT2D eigenvalue weighted by atomic mass is 9.76. The molecule has 2 bridgehead atoms. The lowest BCUT2D eigenvalue weighted by Crippen LogP contribution is -2.61. The summed E-state index contributed by atoms with van der Waals surface area (Å²) in [6.07, 6.45) is 4.20. The highest BCUT2D eigenvalue weighted by molar-refractivity contribution is 6.04. The minimum atomic E-state index is -0.676. The fraction of sp³-hybridized carbons (Fsp3) is 0.600. The maximum absolute atomic E-state index is 13.0. The quantitative estimate of drug-likeness (QED) is 0.642. The minimum Gasteiger partial charge on any atom is -0.497 e. The lowest BCUT2D eigenvalue weighted by Gasteiger charge is -2.52. The van der Waals surface area contributed by atoms with E-state index in [1.54, 1.807) is 19.2 Å². The summed E-state index contributed by atoms with van der Waals surface area (Å²) in [5, 5.41) is 2.73. The van der Waals surface area contributed by atoms with Crippen molar-refractivity contribution in [2.75, 3.05) is 26.7 Å². The number of urea groups is 1. The van der Waals surface area contributed by atoms with Crippen LogP contribution in [-0.2, 0) is 20.9 Å². The number of methoxy groups -OCH3 is 1. The molecule has 5 rings (SSSR count). The van der Waals surface area contributed by atoms with Crippen LogP contribution >= 0.6 is 0 Å². The van der Waals surface area contributed by atoms with Gasteiger partial charge in [0.05, 0.1) is 13.7 Å². The molecule has 4 fully saturated rings. The predicted molar refractivity (Wildman–Crippen MR) is 123 cm³/mol. The van der Waals surface area contributed by atoms with Crippen molar-refractivity contribution in [3.05, 3.63) is 29.8 Å². The molecule has 4 aliphatic rings. The molecule has 0 radical (unpaired) electrons. The highest BCUT2D eigenvalue weighted by Crippen LogP contribution is 2.38. The van der Waals surface area contributed by atoms with E-state index in [4.69, 9.17) is 4.74 Å². The zero-order chi connectivity index (χ0) is 23.8. The standard InChI is InChI=1S/C25H32N4O5/c1-34-19-7-5-16(6-8-19)13-29-24(32)20(26-25(29)33)9-10-22(30)27-12-17-11-18(15-27)21-3-2-4-23(31)28(21)14-17/h5-8,17-18,20-21H,2-4,9-15H2,1H3,(H,26,33)/t17-,18+,20+,21?/m1/s1. The number of imide groups is 1. The average molecular weight is 469 g/mol. The number of likely N-dealkylation sites (tertiary alicyclic amines) is 1. The number of amides is 5. The number of hydrogen-bond donors (Lipinski definition) is 1. The summed E-state index contributed by atoms with van der Waals surface area (Å²) < 4.78 is 5.14. The van der Waals surface area contributed by atoms with Gasteiger partial charge in [-0.05, 0) is 55.2 Å². The van der Waals surface area contributed by atoms with Crippen LogP contribution in [0.2, 0.25) is 0 Å². The van der Waals surface area contributed by atoms with E-state index < -0.39 is 12.1 Å². The monoisotopic (exact) mass is 468 g/mol. The molecular weight excluding hydrogens is 436 g/mol. The van der Waals surface area contributed by atoms with Crippen molar-refractivity contribution in [2.45, 2.75) is 57.2 Å². The van der Waals surface area contributed by atoms with Crippen LogP contribution in [0.15, 0.2) is 24.3 Å². The van der Waals surface area contributed by atoms with E-state index in [2.05, 4.69) is 10.2 Å². The molecule has 4 atom stereocenters. The third kappa shape index (κ3) is 4.35. The number of benzene rings is 1. The first-order chi connectivity index (χ1) is 16.4. The number of nitrogens with zero attached hydrogens (tertiary/aromatic N) is 3. The first-order valence-electron chi connectivity index (χ1n) is 12.2. The second kappa shape index (κ2) is 9.27. The van der Waals surface area contributed by atoms with Crippen LogP contribution < -0.4 is 10.1 Å². The van der Waals surface area contributed by atoms with Crippen molar-refractivity contribution in [1.29, 1.82) is 0 Å². The molecule has 1 aromatic carbocycles. The van der Waals surface area contributed by atoms with E-state index in [0.29, 0.717) is 43.5 Å². The number of carbonyl (C=O) groups excluding carboxylic acids is 4. The molecule has 5 amide bonds. The largest absolute Gasteiger partial charge is 0.497 e. The molecule has 0 spiro atoms. The Hall–Kier alpha value is -3.10. The van der Waals surface area contributed by atoms with Crippen molar-refractivity contribution >= 4 is 23.8 Å². The number of ether oxygens (including phenoxy) is 1. The topological polar surface area (TPSA) is 99.3 Å². The van der Waals surface area contributed by atoms with Crippen LogP contribution in [0.5, 0.6) is 5.75 Å². The van der Waals surface area contributed by atoms with Gasteiger partial charge in [0.2, 0.25) is 11.8 Å². The normalized spacial score (nSPS) is 28.6. The number of rotatable bonds is 6. The van der Waals surface area contributed by atoms with Crippen LogP contribution in [0.1, 0.15) is 44.1 Å². The number of nitrogens with one attached hydrogen (secondary N) is 1. The van der Waals surface area contributed by atoms with Crippen LogP contribution in [0.25, 0.3) is 0 Å². The molecule has 1 aromatic rings. The van der Waals surface area contributed by atoms with Crippen LogP contribution in [0.3, 0.4) is 0 Å². The number of fused-ring (bicyclic) bond motifs is 4. The smallest absolute Gasteiger partial charge is 0.325 e. The second-order valence-corrected chi connectivity index (χ2v) is 9.98. The molecule has 9 heteroatoms. The van der Waals surface area contributed by atoms with Gasteiger partial charge in [-0.3, -0.25) is 19.3 Å². The Morgan fingerprint density at radius 2 is 1.91 bits per heavy atom. The molecule has 0 aromatic heterocycles. The zero-order valence-corrected chi connectivity index (χ0v) is 19.6. The minimum absolute atomic E-state index is 0.0286. The lowest BCUT2D eigenvalue weighted by molar-refractivity contribution is -0.148. The maximum atomic E-state index is 13.0. The van der Waals surface area contributed by atoms with Crippen molar-refractivity contribution in [1.82, 2.24) is 20.0 Å². The first-order valence-corrected chi connectivity index (χ1v) is 12.2. The number of piperidine rings is 3. The molecule has 0 aliphatic carbocycles. The van der Waals surface area contributed by atoms with Gasteiger partial charge in [-0.1, -0.05) is 12.1 Å². The second-order valence-electron chi connectivity index (χ2n) is 9.98. The average Bonchev–Trinajstić information content (AvgIpc) is 3.11. The highest BCUT2D eigenvalue weighted by atomic mass is 16.5. The maximum Gasteiger partial charge on any atom is 0.325 e. The van der Waals surface area contributed by atoms with Gasteiger partial charge in [0.1, 0.15) is 11.8 Å². The Morgan fingerprint density at radius 3 is 2.68 bits per heavy atom. The number of hydrogen-bond acceptors (Lipinski definition) is 5. The van der Waals surface area contributed by atoms with E-state index in [9.17, 15) is 19.2 Å². The molecule has 4 aliphatic heterocycles. The first kappa shape index (κ1) is 22.7. The Kier molecular flexibility index (Phi) is 6.18. The molecule has 4 heterocycles. The third-order valence-corrected chi connectivity index (χ3v) is 7.79. The van der Waals surface area contributed by atoms with Gasteiger partial charge in [-0.25, -0.2) is 4.79 Å². The summed E-state index contributed by atoms with van der Waals surface area (Å²) in [6.45, 7) is 2.28. The fourth-order valence-electron chi connectivity index (χ4n) is 6.08. The third-order valence-electron chi connectivity index (χ3n) is 7.79. The van der Waals surface area contributed by atoms with Gasteiger partial charge < -0.3 is 19.9 Å². The van der Waals surface area contributed by atoms with Gasteiger partial charge >= 0.3 is 6.03 Å². The van der Waals surface area contributed by atoms with Gasteiger partial charge in [-0.2, -0.15) is 0 Å². The number of carbonyl (C=O) groups is 4. The Labute approximate surface area is 199 Å². The fourth-order valence-corrected chi connectivity index (χ4v) is 6.08. The Bertz CT molecular complexity index is 980. The van der Waals surface area contributed by atoms with Gasteiger partial charge in [0, 0.05) is 38.5 Å². The predicted octanol–water partition coefficient (Wildman–Crippen LogP) is 1.76. The van der Waals surface area contributed by atoms with Crippen LogP contribution in [0, 0.1) is 11.8 Å². The van der Waals surface area contributed by atoms with Gasteiger partial charge in [0.15, 0.2) is 0 Å².